The number of pyridine rings is 2. The van der Waals surface area contributed by atoms with Crippen LogP contribution in [0.2, 0.25) is 0 Å². The molecule has 13 heteroatoms. The van der Waals surface area contributed by atoms with Crippen LogP contribution in [0.15, 0.2) is 41.9 Å². The number of amides is 3. The van der Waals surface area contributed by atoms with E-state index in [1.807, 2.05) is 20.8 Å². The minimum absolute atomic E-state index is 0.126. The van der Waals surface area contributed by atoms with Crippen molar-refractivity contribution in [1.82, 2.24) is 25.5 Å². The summed E-state index contributed by atoms with van der Waals surface area (Å²) in [4.78, 5) is 63.1. The number of aromatic nitrogens is 2. The van der Waals surface area contributed by atoms with Crippen LogP contribution >= 0.6 is 0 Å². The second kappa shape index (κ2) is 13.2. The molecule has 234 valence electrons. The fourth-order valence-electron chi connectivity index (χ4n) is 4.65. The van der Waals surface area contributed by atoms with Gasteiger partial charge in [-0.3, -0.25) is 24.2 Å². The molecule has 0 bridgehead atoms. The van der Waals surface area contributed by atoms with Gasteiger partial charge in [-0.25, -0.2) is 13.4 Å². The Morgan fingerprint density at radius 1 is 1.07 bits per heavy atom. The quantitative estimate of drug-likeness (QED) is 0.403. The lowest BCUT2D eigenvalue weighted by Crippen LogP contribution is -2.58. The summed E-state index contributed by atoms with van der Waals surface area (Å²) < 4.78 is 28.8. The van der Waals surface area contributed by atoms with Crippen molar-refractivity contribution in [3.8, 4) is 0 Å². The number of likely N-dealkylation sites (tertiary alicyclic amines) is 1. The molecule has 3 amide bonds. The molecule has 1 fully saturated rings. The second-order valence-corrected chi connectivity index (χ2v) is 14.7. The molecule has 0 spiro atoms. The number of fused-ring (bicyclic) bond motifs is 1. The minimum atomic E-state index is -3.54. The maximum atomic E-state index is 13.9. The standard InChI is InChI=1S/C30H41N5O7S/c1-29(2,3)25(34-26(37)22-13-12-20-21(33-22)10-8-15-31-20)28(39)35-16-9-11-23(35)27(38)32-19(14-17-43(7,40)41)18-24(36)42-30(4,5)6/h8,10,12-15,17,19,23,25H,9,11,16,18H2,1-7H3,(H,32,38)(H,34,37)/b17-14+/t19-,23-,25+/m1/s1. The predicted molar refractivity (Wildman–Crippen MR) is 161 cm³/mol. The predicted octanol–water partition coefficient (Wildman–Crippen LogP) is 2.54. The number of esters is 1. The first kappa shape index (κ1) is 33.6. The third kappa shape index (κ3) is 9.84. The SMILES string of the molecule is CC(C)(C)OC(=O)C[C@@H](/C=C/S(C)(=O)=O)NC(=O)[C@H]1CCCN1C(=O)[C@H](NC(=O)c1ccc2ncccc2n1)C(C)(C)C. The molecule has 0 unspecified atom stereocenters. The van der Waals surface area contributed by atoms with Gasteiger partial charge in [0.05, 0.1) is 23.5 Å². The van der Waals surface area contributed by atoms with Crippen molar-refractivity contribution < 1.29 is 32.3 Å². The van der Waals surface area contributed by atoms with Gasteiger partial charge < -0.3 is 20.3 Å². The van der Waals surface area contributed by atoms with Crippen LogP contribution in [0, 0.1) is 5.41 Å². The van der Waals surface area contributed by atoms with Crippen molar-refractivity contribution in [1.29, 1.82) is 0 Å². The van der Waals surface area contributed by atoms with Gasteiger partial charge in [-0.2, -0.15) is 0 Å². The van der Waals surface area contributed by atoms with E-state index in [-0.39, 0.29) is 18.7 Å². The fourth-order valence-corrected chi connectivity index (χ4v) is 5.13. The number of nitrogens with zero attached hydrogens (tertiary/aromatic N) is 3. The van der Waals surface area contributed by atoms with Crippen LogP contribution in [0.4, 0.5) is 0 Å². The molecule has 0 radical (unpaired) electrons. The van der Waals surface area contributed by atoms with Gasteiger partial charge in [-0.15, -0.1) is 0 Å². The third-order valence-corrected chi connectivity index (χ3v) is 7.26. The van der Waals surface area contributed by atoms with Gasteiger partial charge >= 0.3 is 5.97 Å². The summed E-state index contributed by atoms with van der Waals surface area (Å²) in [7, 11) is -3.54. The molecule has 3 heterocycles. The summed E-state index contributed by atoms with van der Waals surface area (Å²) in [6.45, 7) is 10.8. The average Bonchev–Trinajstić information content (AvgIpc) is 3.37. The Morgan fingerprint density at radius 2 is 1.77 bits per heavy atom. The molecule has 0 saturated carbocycles. The number of nitrogens with one attached hydrogen (secondary N) is 2. The minimum Gasteiger partial charge on any atom is -0.460 e. The lowest BCUT2D eigenvalue weighted by atomic mass is 9.85. The zero-order chi connectivity index (χ0) is 32.2. The summed E-state index contributed by atoms with van der Waals surface area (Å²) in [5, 5.41) is 6.44. The molecule has 3 atom stereocenters. The van der Waals surface area contributed by atoms with E-state index in [0.717, 1.165) is 11.7 Å². The molecule has 1 saturated heterocycles. The molecule has 1 aliphatic rings. The molecule has 12 nitrogen and oxygen atoms in total. The highest BCUT2D eigenvalue weighted by Gasteiger charge is 2.42. The van der Waals surface area contributed by atoms with E-state index in [1.165, 1.54) is 17.0 Å². The zero-order valence-corrected chi connectivity index (χ0v) is 26.5. The van der Waals surface area contributed by atoms with Crippen LogP contribution in [-0.2, 0) is 29.0 Å². The van der Waals surface area contributed by atoms with Crippen LogP contribution in [0.25, 0.3) is 11.0 Å². The Kier molecular flexibility index (Phi) is 10.3. The van der Waals surface area contributed by atoms with Crippen molar-refractivity contribution in [2.45, 2.75) is 84.5 Å². The number of carbonyl (C=O) groups is 4. The van der Waals surface area contributed by atoms with E-state index < -0.39 is 62.7 Å². The molecule has 2 aromatic rings. The Bertz CT molecular complexity index is 1510. The molecule has 3 rings (SSSR count). The maximum Gasteiger partial charge on any atom is 0.308 e. The summed E-state index contributed by atoms with van der Waals surface area (Å²) in [5.41, 5.74) is -0.194. The second-order valence-electron chi connectivity index (χ2n) is 12.8. The maximum absolute atomic E-state index is 13.9. The van der Waals surface area contributed by atoms with E-state index in [0.29, 0.717) is 23.9 Å². The zero-order valence-electron chi connectivity index (χ0n) is 25.7. The summed E-state index contributed by atoms with van der Waals surface area (Å²) in [6, 6.07) is 3.82. The number of sulfone groups is 1. The average molecular weight is 616 g/mol. The van der Waals surface area contributed by atoms with Crippen molar-refractivity contribution in [2.75, 3.05) is 12.8 Å². The van der Waals surface area contributed by atoms with Crippen LogP contribution in [-0.4, -0.2) is 83.5 Å². The first-order valence-electron chi connectivity index (χ1n) is 14.1. The normalized spacial score (nSPS) is 17.5. The number of hydrogen-bond donors (Lipinski definition) is 2. The Morgan fingerprint density at radius 3 is 2.40 bits per heavy atom. The summed E-state index contributed by atoms with van der Waals surface area (Å²) in [5.74, 6) is -2.14. The van der Waals surface area contributed by atoms with Gasteiger partial charge in [-0.1, -0.05) is 26.8 Å². The van der Waals surface area contributed by atoms with E-state index in [1.54, 1.807) is 45.2 Å². The van der Waals surface area contributed by atoms with Crippen LogP contribution < -0.4 is 10.6 Å². The van der Waals surface area contributed by atoms with Crippen molar-refractivity contribution in [3.63, 3.8) is 0 Å². The lowest BCUT2D eigenvalue weighted by Gasteiger charge is -2.35. The molecular formula is C30H41N5O7S. The summed E-state index contributed by atoms with van der Waals surface area (Å²) >= 11 is 0. The number of hydrogen-bond acceptors (Lipinski definition) is 9. The van der Waals surface area contributed by atoms with Gasteiger partial charge in [0, 0.05) is 24.4 Å². The van der Waals surface area contributed by atoms with Crippen LogP contribution in [0.1, 0.15) is 71.3 Å². The Balaban J connectivity index is 1.79. The van der Waals surface area contributed by atoms with Gasteiger partial charge in [0.25, 0.3) is 5.91 Å². The highest BCUT2D eigenvalue weighted by molar-refractivity contribution is 7.93. The number of carbonyl (C=O) groups excluding carboxylic acids is 4. The number of rotatable bonds is 9. The Labute approximate surface area is 252 Å². The molecule has 2 aromatic heterocycles. The fraction of sp³-hybridized carbons (Fsp3) is 0.533. The molecule has 1 aliphatic heterocycles. The van der Waals surface area contributed by atoms with Gasteiger partial charge in [0.15, 0.2) is 9.84 Å². The van der Waals surface area contributed by atoms with E-state index in [4.69, 9.17) is 4.74 Å². The van der Waals surface area contributed by atoms with Crippen molar-refractivity contribution >= 4 is 44.6 Å². The topological polar surface area (TPSA) is 165 Å². The van der Waals surface area contributed by atoms with Crippen molar-refractivity contribution in [3.05, 3.63) is 47.6 Å². The Hall–Kier alpha value is -3.87. The van der Waals surface area contributed by atoms with Gasteiger partial charge in [0.2, 0.25) is 11.8 Å². The highest BCUT2D eigenvalue weighted by Crippen LogP contribution is 2.26. The highest BCUT2D eigenvalue weighted by atomic mass is 32.2. The van der Waals surface area contributed by atoms with E-state index in [2.05, 4.69) is 20.6 Å². The van der Waals surface area contributed by atoms with E-state index >= 15 is 0 Å². The van der Waals surface area contributed by atoms with E-state index in [9.17, 15) is 27.6 Å². The van der Waals surface area contributed by atoms with Crippen LogP contribution in [0.5, 0.6) is 0 Å². The molecule has 43 heavy (non-hydrogen) atoms. The molecule has 0 aliphatic carbocycles. The first-order chi connectivity index (χ1) is 19.8. The molecule has 2 N–H and O–H groups in total. The number of ether oxygens (including phenoxy) is 1. The monoisotopic (exact) mass is 615 g/mol. The third-order valence-electron chi connectivity index (χ3n) is 6.61. The lowest BCUT2D eigenvalue weighted by molar-refractivity contribution is -0.155. The molecule has 0 aromatic carbocycles. The smallest absolute Gasteiger partial charge is 0.308 e. The first-order valence-corrected chi connectivity index (χ1v) is 16.0. The molecular weight excluding hydrogens is 574 g/mol. The largest absolute Gasteiger partial charge is 0.460 e. The van der Waals surface area contributed by atoms with Gasteiger partial charge in [-0.05, 0) is 63.3 Å². The van der Waals surface area contributed by atoms with Crippen LogP contribution in [0.3, 0.4) is 0 Å². The summed E-state index contributed by atoms with van der Waals surface area (Å²) in [6.07, 6.45) is 4.45. The van der Waals surface area contributed by atoms with Crippen molar-refractivity contribution in [2.24, 2.45) is 5.41 Å². The van der Waals surface area contributed by atoms with Gasteiger partial charge in [0.1, 0.15) is 23.4 Å².